The van der Waals surface area contributed by atoms with Crippen LogP contribution < -0.4 is 5.73 Å². The molecule has 106 valence electrons. The van der Waals surface area contributed by atoms with Crippen molar-refractivity contribution in [3.63, 3.8) is 0 Å². The maximum Gasteiger partial charge on any atom is 0.123 e. The Labute approximate surface area is 118 Å². The molecule has 1 saturated carbocycles. The molecular formula is C16H19FN2O. The van der Waals surface area contributed by atoms with Gasteiger partial charge in [-0.3, -0.25) is 4.90 Å². The number of benzene rings is 1. The van der Waals surface area contributed by atoms with Crippen molar-refractivity contribution in [1.82, 2.24) is 4.90 Å². The van der Waals surface area contributed by atoms with E-state index in [1.807, 2.05) is 18.2 Å². The highest BCUT2D eigenvalue weighted by molar-refractivity contribution is 5.21. The van der Waals surface area contributed by atoms with Crippen LogP contribution in [0, 0.1) is 5.82 Å². The van der Waals surface area contributed by atoms with Crippen molar-refractivity contribution in [2.75, 3.05) is 6.54 Å². The van der Waals surface area contributed by atoms with Crippen LogP contribution in [0.1, 0.15) is 30.2 Å². The molecule has 1 unspecified atom stereocenters. The highest BCUT2D eigenvalue weighted by atomic mass is 19.1. The summed E-state index contributed by atoms with van der Waals surface area (Å²) in [5, 5.41) is 0. The molecule has 1 aliphatic carbocycles. The van der Waals surface area contributed by atoms with Crippen LogP contribution in [0.2, 0.25) is 0 Å². The van der Waals surface area contributed by atoms with E-state index in [-0.39, 0.29) is 11.9 Å². The second kappa shape index (κ2) is 5.77. The van der Waals surface area contributed by atoms with Crippen LogP contribution in [0.3, 0.4) is 0 Å². The van der Waals surface area contributed by atoms with E-state index in [1.165, 1.54) is 18.9 Å². The van der Waals surface area contributed by atoms with Gasteiger partial charge in [-0.1, -0.05) is 12.1 Å². The van der Waals surface area contributed by atoms with Gasteiger partial charge < -0.3 is 10.2 Å². The summed E-state index contributed by atoms with van der Waals surface area (Å²) in [6.07, 6.45) is 4.03. The lowest BCUT2D eigenvalue weighted by atomic mass is 10.0. The Balaban J connectivity index is 1.84. The Bertz CT molecular complexity index is 551. The van der Waals surface area contributed by atoms with Gasteiger partial charge in [-0.05, 0) is 42.7 Å². The summed E-state index contributed by atoms with van der Waals surface area (Å²) in [6, 6.07) is 11.1. The molecule has 3 nitrogen and oxygen atoms in total. The monoisotopic (exact) mass is 274 g/mol. The summed E-state index contributed by atoms with van der Waals surface area (Å²) in [4.78, 5) is 2.33. The zero-order chi connectivity index (χ0) is 13.9. The van der Waals surface area contributed by atoms with Crippen LogP contribution in [0.25, 0.3) is 0 Å². The predicted molar refractivity (Wildman–Crippen MR) is 75.5 cm³/mol. The van der Waals surface area contributed by atoms with E-state index in [9.17, 15) is 4.39 Å². The van der Waals surface area contributed by atoms with E-state index in [4.69, 9.17) is 10.2 Å². The molecular weight excluding hydrogens is 255 g/mol. The standard InChI is InChI=1S/C16H19FN2O/c17-13-4-1-3-12(9-13)16(10-18)19(14-6-7-14)11-15-5-2-8-20-15/h1-5,8-9,14,16H,6-7,10-11,18H2. The van der Waals surface area contributed by atoms with Crippen LogP contribution in [0.15, 0.2) is 47.1 Å². The highest BCUT2D eigenvalue weighted by Gasteiger charge is 2.34. The predicted octanol–water partition coefficient (Wildman–Crippen LogP) is 3.08. The number of furan rings is 1. The summed E-state index contributed by atoms with van der Waals surface area (Å²) in [6.45, 7) is 1.19. The number of hydrogen-bond acceptors (Lipinski definition) is 3. The average Bonchev–Trinajstić information content (AvgIpc) is 3.16. The zero-order valence-electron chi connectivity index (χ0n) is 11.3. The highest BCUT2D eigenvalue weighted by Crippen LogP contribution is 2.35. The Morgan fingerprint density at radius 2 is 2.15 bits per heavy atom. The van der Waals surface area contributed by atoms with Gasteiger partial charge in [-0.25, -0.2) is 4.39 Å². The molecule has 4 heteroatoms. The van der Waals surface area contributed by atoms with Crippen LogP contribution in [0.4, 0.5) is 4.39 Å². The number of hydrogen-bond donors (Lipinski definition) is 1. The Morgan fingerprint density at radius 1 is 1.30 bits per heavy atom. The molecule has 1 aliphatic rings. The smallest absolute Gasteiger partial charge is 0.123 e. The fourth-order valence-electron chi connectivity index (χ4n) is 2.66. The quantitative estimate of drug-likeness (QED) is 0.880. The first-order valence-corrected chi connectivity index (χ1v) is 7.01. The van der Waals surface area contributed by atoms with E-state index >= 15 is 0 Å². The first-order valence-electron chi connectivity index (χ1n) is 7.01. The normalized spacial score (nSPS) is 16.6. The number of rotatable bonds is 6. The van der Waals surface area contributed by atoms with Gasteiger partial charge >= 0.3 is 0 Å². The van der Waals surface area contributed by atoms with Gasteiger partial charge in [-0.2, -0.15) is 0 Å². The second-order valence-electron chi connectivity index (χ2n) is 5.29. The molecule has 0 aliphatic heterocycles. The third-order valence-corrected chi connectivity index (χ3v) is 3.79. The van der Waals surface area contributed by atoms with Crippen molar-refractivity contribution in [2.24, 2.45) is 5.73 Å². The molecule has 1 fully saturated rings. The molecule has 0 radical (unpaired) electrons. The van der Waals surface area contributed by atoms with Crippen molar-refractivity contribution in [3.05, 3.63) is 59.8 Å². The van der Waals surface area contributed by atoms with Gasteiger partial charge in [0.1, 0.15) is 11.6 Å². The fourth-order valence-corrected chi connectivity index (χ4v) is 2.66. The van der Waals surface area contributed by atoms with E-state index in [0.29, 0.717) is 12.6 Å². The molecule has 1 atom stereocenters. The van der Waals surface area contributed by atoms with Crippen LogP contribution in [-0.2, 0) is 6.54 Å². The summed E-state index contributed by atoms with van der Waals surface area (Å²) < 4.78 is 18.9. The van der Waals surface area contributed by atoms with Crippen LogP contribution in [-0.4, -0.2) is 17.5 Å². The fraction of sp³-hybridized carbons (Fsp3) is 0.375. The molecule has 2 aromatic rings. The SMILES string of the molecule is NCC(c1cccc(F)c1)N(Cc1ccco1)C1CC1. The van der Waals surface area contributed by atoms with Crippen molar-refractivity contribution in [3.8, 4) is 0 Å². The van der Waals surface area contributed by atoms with Gasteiger partial charge in [-0.15, -0.1) is 0 Å². The van der Waals surface area contributed by atoms with Crippen LogP contribution in [0.5, 0.6) is 0 Å². The summed E-state index contributed by atoms with van der Waals surface area (Å²) in [5.74, 6) is 0.710. The average molecular weight is 274 g/mol. The van der Waals surface area contributed by atoms with Gasteiger partial charge in [0, 0.05) is 18.6 Å². The van der Waals surface area contributed by atoms with E-state index in [1.54, 1.807) is 18.4 Å². The molecule has 1 heterocycles. The van der Waals surface area contributed by atoms with Crippen LogP contribution >= 0.6 is 0 Å². The molecule has 1 aromatic heterocycles. The first kappa shape index (κ1) is 13.3. The molecule has 3 rings (SSSR count). The maximum atomic E-state index is 13.4. The summed E-state index contributed by atoms with van der Waals surface area (Å²) in [7, 11) is 0. The third-order valence-electron chi connectivity index (χ3n) is 3.79. The molecule has 0 amide bonds. The third kappa shape index (κ3) is 2.92. The van der Waals surface area contributed by atoms with Gasteiger partial charge in [0.2, 0.25) is 0 Å². The Hall–Kier alpha value is -1.65. The van der Waals surface area contributed by atoms with Crippen molar-refractivity contribution >= 4 is 0 Å². The van der Waals surface area contributed by atoms with E-state index in [2.05, 4.69) is 4.90 Å². The Kier molecular flexibility index (Phi) is 3.85. The van der Waals surface area contributed by atoms with Gasteiger partial charge in [0.25, 0.3) is 0 Å². The summed E-state index contributed by atoms with van der Waals surface area (Å²) >= 11 is 0. The lowest BCUT2D eigenvalue weighted by Gasteiger charge is -2.30. The largest absolute Gasteiger partial charge is 0.468 e. The van der Waals surface area contributed by atoms with E-state index in [0.717, 1.165) is 17.9 Å². The molecule has 0 saturated heterocycles. The lowest BCUT2D eigenvalue weighted by molar-refractivity contribution is 0.167. The molecule has 1 aromatic carbocycles. The number of halogens is 1. The minimum absolute atomic E-state index is 0.0308. The van der Waals surface area contributed by atoms with Crippen molar-refractivity contribution in [2.45, 2.75) is 31.5 Å². The molecule has 20 heavy (non-hydrogen) atoms. The second-order valence-corrected chi connectivity index (χ2v) is 5.29. The van der Waals surface area contributed by atoms with Crippen molar-refractivity contribution < 1.29 is 8.81 Å². The minimum atomic E-state index is -0.213. The zero-order valence-corrected chi connectivity index (χ0v) is 11.3. The van der Waals surface area contributed by atoms with Gasteiger partial charge in [0.05, 0.1) is 12.8 Å². The minimum Gasteiger partial charge on any atom is -0.468 e. The summed E-state index contributed by atoms with van der Waals surface area (Å²) in [5.41, 5.74) is 6.89. The topological polar surface area (TPSA) is 42.4 Å². The lowest BCUT2D eigenvalue weighted by Crippen LogP contribution is -2.35. The Morgan fingerprint density at radius 3 is 2.75 bits per heavy atom. The van der Waals surface area contributed by atoms with Gasteiger partial charge in [0.15, 0.2) is 0 Å². The molecule has 0 spiro atoms. The molecule has 0 bridgehead atoms. The first-order chi connectivity index (χ1) is 9.78. The number of nitrogens with zero attached hydrogens (tertiary/aromatic N) is 1. The maximum absolute atomic E-state index is 13.4. The van der Waals surface area contributed by atoms with Crippen molar-refractivity contribution in [1.29, 1.82) is 0 Å². The van der Waals surface area contributed by atoms with E-state index < -0.39 is 0 Å². The molecule has 2 N–H and O–H groups in total. The number of nitrogens with two attached hydrogens (primary N) is 1.